The van der Waals surface area contributed by atoms with Crippen molar-refractivity contribution in [3.63, 3.8) is 0 Å². The molecule has 3 aromatic heterocycles. The molecule has 45 heavy (non-hydrogen) atoms. The number of carboxylic acids is 4. The van der Waals surface area contributed by atoms with Crippen LogP contribution in [0.5, 0.6) is 0 Å². The van der Waals surface area contributed by atoms with Gasteiger partial charge in [0.2, 0.25) is 0 Å². The molecular formula is C28H20N8O9. The van der Waals surface area contributed by atoms with Gasteiger partial charge < -0.3 is 25.7 Å². The fourth-order valence-corrected chi connectivity index (χ4v) is 4.26. The Hall–Kier alpha value is -6.78. The van der Waals surface area contributed by atoms with Crippen molar-refractivity contribution in [2.24, 2.45) is 0 Å². The summed E-state index contributed by atoms with van der Waals surface area (Å²) in [7, 11) is 0. The Morgan fingerprint density at radius 3 is 1.44 bits per heavy atom. The number of aromatic carboxylic acids is 4. The molecule has 5 N–H and O–H groups in total. The molecule has 0 aliphatic rings. The third-order valence-electron chi connectivity index (χ3n) is 6.38. The molecule has 3 heterocycles. The van der Waals surface area contributed by atoms with Crippen LogP contribution in [-0.4, -0.2) is 91.7 Å². The van der Waals surface area contributed by atoms with E-state index in [9.17, 15) is 44.4 Å². The van der Waals surface area contributed by atoms with Crippen molar-refractivity contribution in [2.45, 2.75) is 6.92 Å². The third-order valence-corrected chi connectivity index (χ3v) is 6.38. The lowest BCUT2D eigenvalue weighted by Crippen LogP contribution is -2.22. The van der Waals surface area contributed by atoms with Crippen molar-refractivity contribution in [3.05, 3.63) is 88.7 Å². The Balaban J connectivity index is 1.58. The van der Waals surface area contributed by atoms with Gasteiger partial charge in [-0.1, -0.05) is 10.4 Å². The highest BCUT2D eigenvalue weighted by Crippen LogP contribution is 2.26. The number of carbonyl (C=O) groups is 5. The maximum Gasteiger partial charge on any atom is 0.337 e. The first kappa shape index (κ1) is 29.7. The number of aromatic nitrogens is 7. The number of amides is 1. The number of hydrogen-bond donors (Lipinski definition) is 5. The van der Waals surface area contributed by atoms with E-state index in [1.165, 1.54) is 48.8 Å². The van der Waals surface area contributed by atoms with Crippen LogP contribution in [0.15, 0.2) is 60.9 Å². The molecule has 0 bridgehead atoms. The Kier molecular flexibility index (Phi) is 7.81. The Morgan fingerprint density at radius 1 is 0.622 bits per heavy atom. The molecule has 0 fully saturated rings. The van der Waals surface area contributed by atoms with Gasteiger partial charge in [0.25, 0.3) is 5.91 Å². The first-order valence-corrected chi connectivity index (χ1v) is 12.8. The summed E-state index contributed by atoms with van der Waals surface area (Å²) in [6, 6.07) is 9.78. The van der Waals surface area contributed by atoms with Crippen molar-refractivity contribution in [1.82, 2.24) is 40.3 Å². The van der Waals surface area contributed by atoms with Crippen molar-refractivity contribution in [3.8, 4) is 34.2 Å². The average Bonchev–Trinajstić information content (AvgIpc) is 3.71. The summed E-state index contributed by atoms with van der Waals surface area (Å²) >= 11 is 0. The Labute approximate surface area is 251 Å². The van der Waals surface area contributed by atoms with E-state index in [1.807, 2.05) is 0 Å². The van der Waals surface area contributed by atoms with E-state index in [-0.39, 0.29) is 62.0 Å². The maximum absolute atomic E-state index is 12.8. The second-order valence-electron chi connectivity index (χ2n) is 9.27. The molecule has 0 unspecified atom stereocenters. The highest BCUT2D eigenvalue weighted by Gasteiger charge is 2.21. The van der Waals surface area contributed by atoms with Gasteiger partial charge in [-0.05, 0) is 55.5 Å². The van der Waals surface area contributed by atoms with E-state index >= 15 is 0 Å². The largest absolute Gasteiger partial charge is 0.478 e. The lowest BCUT2D eigenvalue weighted by Gasteiger charge is -2.07. The quantitative estimate of drug-likeness (QED) is 0.151. The normalized spacial score (nSPS) is 10.8. The molecular weight excluding hydrogens is 592 g/mol. The van der Waals surface area contributed by atoms with E-state index in [2.05, 4.69) is 30.9 Å². The molecule has 2 aromatic carbocycles. The minimum Gasteiger partial charge on any atom is -0.478 e. The van der Waals surface area contributed by atoms with Crippen LogP contribution in [0.2, 0.25) is 0 Å². The summed E-state index contributed by atoms with van der Waals surface area (Å²) in [5, 5.41) is 56.5. The van der Waals surface area contributed by atoms with Crippen molar-refractivity contribution < 1.29 is 44.4 Å². The number of rotatable bonds is 10. The molecule has 17 nitrogen and oxygen atoms in total. The molecule has 226 valence electrons. The third kappa shape index (κ3) is 5.93. The molecule has 0 spiro atoms. The molecule has 0 radical (unpaired) electrons. The smallest absolute Gasteiger partial charge is 0.337 e. The second kappa shape index (κ2) is 11.8. The lowest BCUT2D eigenvalue weighted by atomic mass is 10.1. The topological polar surface area (TPSA) is 253 Å². The zero-order valence-corrected chi connectivity index (χ0v) is 22.9. The zero-order chi connectivity index (χ0) is 32.4. The van der Waals surface area contributed by atoms with E-state index in [1.54, 1.807) is 6.92 Å². The van der Waals surface area contributed by atoms with Crippen LogP contribution >= 0.6 is 0 Å². The summed E-state index contributed by atoms with van der Waals surface area (Å²) in [5.74, 6) is -5.87. The fourth-order valence-electron chi connectivity index (χ4n) is 4.26. The van der Waals surface area contributed by atoms with Gasteiger partial charge in [-0.25, -0.2) is 33.5 Å². The van der Waals surface area contributed by atoms with E-state index in [4.69, 9.17) is 0 Å². The van der Waals surface area contributed by atoms with Crippen LogP contribution in [0, 0.1) is 0 Å². The van der Waals surface area contributed by atoms with Crippen LogP contribution in [-0.2, 0) is 0 Å². The Bertz CT molecular complexity index is 1900. The van der Waals surface area contributed by atoms with Gasteiger partial charge in [-0.3, -0.25) is 4.79 Å². The van der Waals surface area contributed by atoms with Crippen molar-refractivity contribution in [1.29, 1.82) is 0 Å². The highest BCUT2D eigenvalue weighted by atomic mass is 16.4. The predicted octanol–water partition coefficient (Wildman–Crippen LogP) is 2.12. The van der Waals surface area contributed by atoms with Gasteiger partial charge in [-0.2, -0.15) is 0 Å². The van der Waals surface area contributed by atoms with E-state index in [0.29, 0.717) is 6.54 Å². The lowest BCUT2D eigenvalue weighted by molar-refractivity contribution is 0.0676. The van der Waals surface area contributed by atoms with Crippen LogP contribution in [0.4, 0.5) is 0 Å². The van der Waals surface area contributed by atoms with Gasteiger partial charge in [-0.15, -0.1) is 10.2 Å². The first-order chi connectivity index (χ1) is 21.5. The van der Waals surface area contributed by atoms with Crippen molar-refractivity contribution >= 4 is 29.8 Å². The number of benzene rings is 2. The second-order valence-corrected chi connectivity index (χ2v) is 9.27. The van der Waals surface area contributed by atoms with Gasteiger partial charge >= 0.3 is 23.9 Å². The summed E-state index contributed by atoms with van der Waals surface area (Å²) < 4.78 is 2.24. The van der Waals surface area contributed by atoms with Gasteiger partial charge in [0, 0.05) is 12.1 Å². The number of pyridine rings is 1. The Morgan fingerprint density at radius 2 is 1.07 bits per heavy atom. The first-order valence-electron chi connectivity index (χ1n) is 12.8. The molecule has 5 rings (SSSR count). The van der Waals surface area contributed by atoms with Gasteiger partial charge in [0.1, 0.15) is 11.4 Å². The maximum atomic E-state index is 12.8. The van der Waals surface area contributed by atoms with Gasteiger partial charge in [0.05, 0.1) is 57.4 Å². The van der Waals surface area contributed by atoms with Crippen LogP contribution < -0.4 is 5.32 Å². The number of nitrogens with one attached hydrogen (secondary N) is 1. The van der Waals surface area contributed by atoms with Gasteiger partial charge in [0.15, 0.2) is 0 Å². The highest BCUT2D eigenvalue weighted by molar-refractivity contribution is 5.98. The monoisotopic (exact) mass is 612 g/mol. The molecule has 17 heteroatoms. The van der Waals surface area contributed by atoms with Crippen LogP contribution in [0.1, 0.15) is 58.7 Å². The molecule has 0 saturated heterocycles. The van der Waals surface area contributed by atoms with Crippen LogP contribution in [0.3, 0.4) is 0 Å². The molecule has 0 atom stereocenters. The standard InChI is InChI=1S/C28H20N8O9/c1-2-29-24(37)15-9-18(20-11-35(33-31-20)22-5-3-13(25(38)39)7-16(22)27(42)43)30-19(10-15)21-12-36(34-32-21)23-6-4-14(26(40)41)8-17(23)28(44)45/h3-12H,2H2,1H3,(H,29,37)(H,38,39)(H,40,41)(H,42,43)(H,44,45). The molecule has 0 saturated carbocycles. The minimum absolute atomic E-state index is 0.0254. The SMILES string of the molecule is CCNC(=O)c1cc(-c2cn(-c3ccc(C(=O)O)cc3C(=O)O)nn2)nc(-c2cn(-c3ccc(C(=O)O)cc3C(=O)O)nn2)c1. The predicted molar refractivity (Wildman–Crippen MR) is 151 cm³/mol. The summed E-state index contributed by atoms with van der Waals surface area (Å²) in [5.41, 5.74) is -0.468. The number of nitrogens with zero attached hydrogens (tertiary/aromatic N) is 7. The number of carbonyl (C=O) groups excluding carboxylic acids is 1. The molecule has 5 aromatic rings. The average molecular weight is 613 g/mol. The molecule has 0 aliphatic heterocycles. The van der Waals surface area contributed by atoms with Crippen molar-refractivity contribution in [2.75, 3.05) is 6.54 Å². The number of hydrogen-bond acceptors (Lipinski definition) is 10. The zero-order valence-electron chi connectivity index (χ0n) is 22.9. The fraction of sp³-hybridized carbons (Fsp3) is 0.0714. The van der Waals surface area contributed by atoms with E-state index in [0.717, 1.165) is 21.5 Å². The molecule has 0 aliphatic carbocycles. The molecule has 1 amide bonds. The summed E-state index contributed by atoms with van der Waals surface area (Å²) in [6.45, 7) is 2.04. The minimum atomic E-state index is -1.39. The van der Waals surface area contributed by atoms with E-state index < -0.39 is 29.8 Å². The summed E-state index contributed by atoms with van der Waals surface area (Å²) in [4.78, 5) is 63.7. The number of carboxylic acid groups (broad SMARTS) is 4. The summed E-state index contributed by atoms with van der Waals surface area (Å²) in [6.07, 6.45) is 2.69. The van der Waals surface area contributed by atoms with Crippen LogP contribution in [0.25, 0.3) is 34.2 Å².